The van der Waals surface area contributed by atoms with Crippen LogP contribution in [0.2, 0.25) is 0 Å². The molecule has 0 radical (unpaired) electrons. The van der Waals surface area contributed by atoms with Gasteiger partial charge in [-0.2, -0.15) is 0 Å². The van der Waals surface area contributed by atoms with Gasteiger partial charge in [-0.25, -0.2) is 4.98 Å². The van der Waals surface area contributed by atoms with Crippen LogP contribution in [0.25, 0.3) is 22.6 Å². The Hall–Kier alpha value is -2.43. The monoisotopic (exact) mass is 320 g/mol. The van der Waals surface area contributed by atoms with E-state index >= 15 is 0 Å². The van der Waals surface area contributed by atoms with Gasteiger partial charge in [0.1, 0.15) is 5.69 Å². The maximum absolute atomic E-state index is 6.20. The van der Waals surface area contributed by atoms with Crippen LogP contribution in [0.4, 0.5) is 0 Å². The molecule has 1 aliphatic rings. The lowest BCUT2D eigenvalue weighted by atomic mass is 10.1. The molecule has 1 aromatic heterocycles. The molecule has 0 amide bonds. The molecule has 2 heterocycles. The molecular formula is C20H20N2O2. The average Bonchev–Trinajstić information content (AvgIpc) is 3.30. The van der Waals surface area contributed by atoms with Gasteiger partial charge in [0.25, 0.3) is 0 Å². The molecule has 1 N–H and O–H groups in total. The summed E-state index contributed by atoms with van der Waals surface area (Å²) in [6.07, 6.45) is 1.08. The number of nitrogens with zero attached hydrogens (tertiary/aromatic N) is 1. The van der Waals surface area contributed by atoms with Gasteiger partial charge in [-0.05, 0) is 6.42 Å². The van der Waals surface area contributed by atoms with E-state index in [4.69, 9.17) is 14.1 Å². The summed E-state index contributed by atoms with van der Waals surface area (Å²) in [6.45, 7) is 0.824. The first-order chi connectivity index (χ1) is 11.8. The lowest BCUT2D eigenvalue weighted by Crippen LogP contribution is -2.16. The fourth-order valence-corrected chi connectivity index (χ4v) is 3.13. The highest BCUT2D eigenvalue weighted by molar-refractivity contribution is 5.76. The van der Waals surface area contributed by atoms with Crippen LogP contribution in [-0.2, 0) is 4.74 Å². The topological polar surface area (TPSA) is 47.3 Å². The van der Waals surface area contributed by atoms with Gasteiger partial charge in [0.15, 0.2) is 5.76 Å². The molecular weight excluding hydrogens is 300 g/mol. The molecule has 0 unspecified atom stereocenters. The van der Waals surface area contributed by atoms with Crippen molar-refractivity contribution in [2.24, 2.45) is 0 Å². The SMILES string of the molecule is CO[C@@H]1CN[C@@H](c2nc(-c3ccccc3)c(-c3ccccc3)o2)C1. The number of benzene rings is 2. The molecule has 1 fully saturated rings. The van der Waals surface area contributed by atoms with E-state index in [1.165, 1.54) is 0 Å². The van der Waals surface area contributed by atoms with Gasteiger partial charge in [-0.15, -0.1) is 0 Å². The van der Waals surface area contributed by atoms with Crippen LogP contribution in [0.15, 0.2) is 65.1 Å². The maximum Gasteiger partial charge on any atom is 0.212 e. The number of nitrogens with one attached hydrogen (secondary N) is 1. The van der Waals surface area contributed by atoms with Crippen LogP contribution in [-0.4, -0.2) is 24.7 Å². The van der Waals surface area contributed by atoms with E-state index in [1.807, 2.05) is 36.4 Å². The normalized spacial score (nSPS) is 20.4. The van der Waals surface area contributed by atoms with Gasteiger partial charge in [0.05, 0.1) is 12.1 Å². The molecule has 24 heavy (non-hydrogen) atoms. The van der Waals surface area contributed by atoms with Crippen LogP contribution in [0, 0.1) is 0 Å². The molecule has 0 bridgehead atoms. The lowest BCUT2D eigenvalue weighted by molar-refractivity contribution is 0.116. The molecule has 0 aliphatic carbocycles. The average molecular weight is 320 g/mol. The first-order valence-corrected chi connectivity index (χ1v) is 8.23. The summed E-state index contributed by atoms with van der Waals surface area (Å²) in [5.74, 6) is 1.55. The Labute approximate surface area is 141 Å². The number of rotatable bonds is 4. The van der Waals surface area contributed by atoms with Crippen molar-refractivity contribution >= 4 is 0 Å². The molecule has 0 saturated carbocycles. The number of hydrogen-bond acceptors (Lipinski definition) is 4. The van der Waals surface area contributed by atoms with Crippen molar-refractivity contribution in [3.8, 4) is 22.6 Å². The van der Waals surface area contributed by atoms with Crippen molar-refractivity contribution in [3.63, 3.8) is 0 Å². The molecule has 2 atom stereocenters. The maximum atomic E-state index is 6.20. The second-order valence-corrected chi connectivity index (χ2v) is 6.02. The van der Waals surface area contributed by atoms with E-state index in [1.54, 1.807) is 7.11 Å². The van der Waals surface area contributed by atoms with E-state index < -0.39 is 0 Å². The highest BCUT2D eigenvalue weighted by atomic mass is 16.5. The number of methoxy groups -OCH3 is 1. The Kier molecular flexibility index (Phi) is 4.15. The summed E-state index contributed by atoms with van der Waals surface area (Å²) in [7, 11) is 1.75. The summed E-state index contributed by atoms with van der Waals surface area (Å²) in [5, 5.41) is 3.44. The van der Waals surface area contributed by atoms with Crippen LogP contribution < -0.4 is 5.32 Å². The highest BCUT2D eigenvalue weighted by Gasteiger charge is 2.30. The Balaban J connectivity index is 1.77. The van der Waals surface area contributed by atoms with E-state index in [-0.39, 0.29) is 12.1 Å². The zero-order chi connectivity index (χ0) is 16.4. The van der Waals surface area contributed by atoms with Gasteiger partial charge < -0.3 is 14.5 Å². The predicted octanol–water partition coefficient (Wildman–Crippen LogP) is 4.06. The highest BCUT2D eigenvalue weighted by Crippen LogP contribution is 2.36. The molecule has 122 valence electrons. The lowest BCUT2D eigenvalue weighted by Gasteiger charge is -2.05. The Morgan fingerprint density at radius 2 is 1.67 bits per heavy atom. The third-order valence-corrected chi connectivity index (χ3v) is 4.45. The molecule has 2 aromatic carbocycles. The largest absolute Gasteiger partial charge is 0.438 e. The molecule has 0 spiro atoms. The van der Waals surface area contributed by atoms with E-state index in [0.29, 0.717) is 0 Å². The first-order valence-electron chi connectivity index (χ1n) is 8.23. The second kappa shape index (κ2) is 6.59. The van der Waals surface area contributed by atoms with Gasteiger partial charge in [0.2, 0.25) is 5.89 Å². The fourth-order valence-electron chi connectivity index (χ4n) is 3.13. The molecule has 1 saturated heterocycles. The van der Waals surface area contributed by atoms with Gasteiger partial charge in [-0.3, -0.25) is 0 Å². The Morgan fingerprint density at radius 1 is 1.00 bits per heavy atom. The van der Waals surface area contributed by atoms with Crippen LogP contribution in [0.1, 0.15) is 18.4 Å². The van der Waals surface area contributed by atoms with Crippen LogP contribution in [0.3, 0.4) is 0 Å². The van der Waals surface area contributed by atoms with Crippen LogP contribution in [0.5, 0.6) is 0 Å². The Bertz CT molecular complexity index is 742. The minimum Gasteiger partial charge on any atom is -0.438 e. The van der Waals surface area contributed by atoms with Gasteiger partial charge in [-0.1, -0.05) is 60.7 Å². The summed E-state index contributed by atoms with van der Waals surface area (Å²) < 4.78 is 11.6. The summed E-state index contributed by atoms with van der Waals surface area (Å²) >= 11 is 0. The number of aromatic nitrogens is 1. The van der Waals surface area contributed by atoms with Crippen molar-refractivity contribution in [1.82, 2.24) is 10.3 Å². The van der Waals surface area contributed by atoms with E-state index in [0.717, 1.165) is 41.4 Å². The van der Waals surface area contributed by atoms with Crippen molar-refractivity contribution in [3.05, 3.63) is 66.6 Å². The number of ether oxygens (including phenoxy) is 1. The number of hydrogen-bond donors (Lipinski definition) is 1. The zero-order valence-electron chi connectivity index (χ0n) is 13.6. The van der Waals surface area contributed by atoms with Crippen molar-refractivity contribution in [2.45, 2.75) is 18.6 Å². The number of oxazole rings is 1. The second-order valence-electron chi connectivity index (χ2n) is 6.02. The minimum absolute atomic E-state index is 0.0925. The standard InChI is InChI=1S/C20H20N2O2/c1-23-16-12-17(21-13-16)20-22-18(14-8-4-2-5-9-14)19(24-20)15-10-6-3-7-11-15/h2-11,16-17,21H,12-13H2,1H3/t16-,17+/m0/s1. The fraction of sp³-hybridized carbons (Fsp3) is 0.250. The molecule has 3 aromatic rings. The van der Waals surface area contributed by atoms with Crippen molar-refractivity contribution in [1.29, 1.82) is 0 Å². The van der Waals surface area contributed by atoms with Gasteiger partial charge >= 0.3 is 0 Å². The van der Waals surface area contributed by atoms with Crippen molar-refractivity contribution < 1.29 is 9.15 Å². The quantitative estimate of drug-likeness (QED) is 0.787. The molecule has 4 nitrogen and oxygen atoms in total. The Morgan fingerprint density at radius 3 is 2.29 bits per heavy atom. The first kappa shape index (κ1) is 15.1. The summed E-state index contributed by atoms with van der Waals surface area (Å²) in [4.78, 5) is 4.82. The molecule has 4 heteroatoms. The zero-order valence-corrected chi connectivity index (χ0v) is 13.6. The van der Waals surface area contributed by atoms with Crippen LogP contribution >= 0.6 is 0 Å². The molecule has 1 aliphatic heterocycles. The smallest absolute Gasteiger partial charge is 0.212 e. The third kappa shape index (κ3) is 2.86. The minimum atomic E-state index is 0.0925. The molecule has 4 rings (SSSR count). The van der Waals surface area contributed by atoms with Gasteiger partial charge in [0, 0.05) is 24.8 Å². The summed E-state index contributed by atoms with van der Waals surface area (Å²) in [6, 6.07) is 20.4. The summed E-state index contributed by atoms with van der Waals surface area (Å²) in [5.41, 5.74) is 2.99. The van der Waals surface area contributed by atoms with E-state index in [9.17, 15) is 0 Å². The third-order valence-electron chi connectivity index (χ3n) is 4.45. The van der Waals surface area contributed by atoms with Crippen molar-refractivity contribution in [2.75, 3.05) is 13.7 Å². The van der Waals surface area contributed by atoms with E-state index in [2.05, 4.69) is 29.6 Å². The predicted molar refractivity (Wildman–Crippen MR) is 93.5 cm³/mol.